The molecule has 0 bridgehead atoms. The first-order chi connectivity index (χ1) is 7.38. The molecule has 0 fully saturated rings. The van der Waals surface area contributed by atoms with Crippen LogP contribution in [0, 0.1) is 0 Å². The number of rotatable bonds is 8. The van der Waals surface area contributed by atoms with Crippen LogP contribution in [0.25, 0.3) is 0 Å². The highest BCUT2D eigenvalue weighted by molar-refractivity contribution is 4.80. The molecule has 0 unspecified atom stereocenters. The predicted molar refractivity (Wildman–Crippen MR) is 56.3 cm³/mol. The fourth-order valence-corrected chi connectivity index (χ4v) is 1.29. The fraction of sp³-hybridized carbons (Fsp3) is 0.889. The number of unbranched alkanes of at least 4 members (excludes halogenated alkanes) is 1. The van der Waals surface area contributed by atoms with E-state index in [1.165, 1.54) is 0 Å². The normalized spacial score (nSPS) is 10.8. The van der Waals surface area contributed by atoms with E-state index in [2.05, 4.69) is 15.5 Å². The van der Waals surface area contributed by atoms with Gasteiger partial charge in [-0.2, -0.15) is 0 Å². The summed E-state index contributed by atoms with van der Waals surface area (Å²) in [4.78, 5) is 0. The molecule has 0 saturated heterocycles. The molecule has 1 aromatic rings. The molecule has 0 saturated carbocycles. The second-order valence-corrected chi connectivity index (χ2v) is 3.26. The number of hydrogen-bond donors (Lipinski definition) is 1. The van der Waals surface area contributed by atoms with Gasteiger partial charge in [0.2, 0.25) is 0 Å². The molecule has 0 aliphatic carbocycles. The third-order valence-corrected chi connectivity index (χ3v) is 2.10. The van der Waals surface area contributed by atoms with Crippen LogP contribution in [0.1, 0.15) is 25.6 Å². The number of aryl methyl sites for hydroxylation is 1. The number of ether oxygens (including phenoxy) is 1. The van der Waals surface area contributed by atoms with Gasteiger partial charge in [-0.05, 0) is 36.7 Å². The molecular weight excluding hydrogens is 194 g/mol. The minimum atomic E-state index is 0.674. The Bertz CT molecular complexity index is 238. The molecule has 2 N–H and O–H groups in total. The van der Waals surface area contributed by atoms with Crippen LogP contribution in [-0.4, -0.2) is 40.0 Å². The Morgan fingerprint density at radius 2 is 2.27 bits per heavy atom. The Balaban J connectivity index is 2.32. The average molecular weight is 213 g/mol. The molecule has 1 heterocycles. The van der Waals surface area contributed by atoms with E-state index < -0.39 is 0 Å². The Hall–Kier alpha value is -1.01. The largest absolute Gasteiger partial charge is 0.381 e. The van der Waals surface area contributed by atoms with E-state index >= 15 is 0 Å². The van der Waals surface area contributed by atoms with Crippen LogP contribution in [0.5, 0.6) is 0 Å². The first-order valence-electron chi connectivity index (χ1n) is 5.41. The second-order valence-electron chi connectivity index (χ2n) is 3.26. The Morgan fingerprint density at radius 1 is 1.40 bits per heavy atom. The lowest BCUT2D eigenvalue weighted by molar-refractivity contribution is 0.148. The van der Waals surface area contributed by atoms with E-state index in [9.17, 15) is 0 Å². The predicted octanol–water partition coefficient (Wildman–Crippen LogP) is -0.00900. The summed E-state index contributed by atoms with van der Waals surface area (Å²) in [6.07, 6.45) is 2.79. The molecule has 1 aromatic heterocycles. The van der Waals surface area contributed by atoms with E-state index in [1.54, 1.807) is 0 Å². The lowest BCUT2D eigenvalue weighted by atomic mass is 10.3. The van der Waals surface area contributed by atoms with Crippen LogP contribution in [0.2, 0.25) is 0 Å². The van der Waals surface area contributed by atoms with Crippen molar-refractivity contribution < 1.29 is 4.74 Å². The minimum Gasteiger partial charge on any atom is -0.381 e. The monoisotopic (exact) mass is 213 g/mol. The van der Waals surface area contributed by atoms with Crippen LogP contribution < -0.4 is 5.73 Å². The SMILES string of the molecule is CCOCCc1nnnn1CCCCN. The summed E-state index contributed by atoms with van der Waals surface area (Å²) < 4.78 is 7.09. The summed E-state index contributed by atoms with van der Waals surface area (Å²) in [7, 11) is 0. The lowest BCUT2D eigenvalue weighted by Gasteiger charge is -2.03. The van der Waals surface area contributed by atoms with Gasteiger partial charge in [0.05, 0.1) is 6.61 Å². The van der Waals surface area contributed by atoms with Crippen molar-refractivity contribution in [2.75, 3.05) is 19.8 Å². The van der Waals surface area contributed by atoms with E-state index in [4.69, 9.17) is 10.5 Å². The third kappa shape index (κ3) is 4.35. The summed E-state index contributed by atoms with van der Waals surface area (Å²) in [5.41, 5.74) is 5.42. The summed E-state index contributed by atoms with van der Waals surface area (Å²) in [6, 6.07) is 0. The number of hydrogen-bond acceptors (Lipinski definition) is 5. The highest BCUT2D eigenvalue weighted by atomic mass is 16.5. The van der Waals surface area contributed by atoms with Crippen LogP contribution in [0.3, 0.4) is 0 Å². The van der Waals surface area contributed by atoms with Crippen molar-refractivity contribution in [1.82, 2.24) is 20.2 Å². The van der Waals surface area contributed by atoms with Gasteiger partial charge >= 0.3 is 0 Å². The maximum Gasteiger partial charge on any atom is 0.153 e. The van der Waals surface area contributed by atoms with Crippen LogP contribution in [-0.2, 0) is 17.7 Å². The smallest absolute Gasteiger partial charge is 0.153 e. The van der Waals surface area contributed by atoms with Gasteiger partial charge in [-0.15, -0.1) is 5.10 Å². The van der Waals surface area contributed by atoms with Crippen molar-refractivity contribution in [1.29, 1.82) is 0 Å². The number of tetrazole rings is 1. The van der Waals surface area contributed by atoms with E-state index in [1.807, 2.05) is 11.6 Å². The van der Waals surface area contributed by atoms with Gasteiger partial charge in [0, 0.05) is 19.6 Å². The van der Waals surface area contributed by atoms with E-state index in [0.717, 1.165) is 44.8 Å². The highest BCUT2D eigenvalue weighted by Gasteiger charge is 2.04. The maximum atomic E-state index is 5.42. The molecule has 1 rings (SSSR count). The highest BCUT2D eigenvalue weighted by Crippen LogP contribution is 1.98. The van der Waals surface area contributed by atoms with Crippen molar-refractivity contribution in [3.63, 3.8) is 0 Å². The topological polar surface area (TPSA) is 78.9 Å². The van der Waals surface area contributed by atoms with Crippen molar-refractivity contribution in [3.05, 3.63) is 5.82 Å². The number of nitrogens with zero attached hydrogens (tertiary/aromatic N) is 4. The van der Waals surface area contributed by atoms with Gasteiger partial charge in [0.25, 0.3) is 0 Å². The van der Waals surface area contributed by atoms with Crippen molar-refractivity contribution >= 4 is 0 Å². The molecule has 6 heteroatoms. The zero-order valence-electron chi connectivity index (χ0n) is 9.22. The number of nitrogens with two attached hydrogens (primary N) is 1. The van der Waals surface area contributed by atoms with E-state index in [0.29, 0.717) is 6.61 Å². The molecule has 0 aromatic carbocycles. The first kappa shape index (κ1) is 12.1. The molecular formula is C9H19N5O. The van der Waals surface area contributed by atoms with Crippen LogP contribution in [0.4, 0.5) is 0 Å². The van der Waals surface area contributed by atoms with Gasteiger partial charge < -0.3 is 10.5 Å². The Morgan fingerprint density at radius 3 is 3.00 bits per heavy atom. The van der Waals surface area contributed by atoms with Gasteiger partial charge in [-0.1, -0.05) is 0 Å². The zero-order valence-corrected chi connectivity index (χ0v) is 9.22. The van der Waals surface area contributed by atoms with Gasteiger partial charge in [0.15, 0.2) is 5.82 Å². The molecule has 0 atom stereocenters. The fourth-order valence-electron chi connectivity index (χ4n) is 1.29. The Kier molecular flexibility index (Phi) is 5.87. The Labute approximate surface area is 89.8 Å². The first-order valence-corrected chi connectivity index (χ1v) is 5.41. The summed E-state index contributed by atoms with van der Waals surface area (Å²) in [5.74, 6) is 0.889. The van der Waals surface area contributed by atoms with Crippen LogP contribution in [0.15, 0.2) is 0 Å². The maximum absolute atomic E-state index is 5.42. The molecule has 0 radical (unpaired) electrons. The minimum absolute atomic E-state index is 0.674. The number of aromatic nitrogens is 4. The zero-order chi connectivity index (χ0) is 10.9. The molecule has 6 nitrogen and oxygen atoms in total. The summed E-state index contributed by atoms with van der Waals surface area (Å²) in [6.45, 7) is 4.94. The van der Waals surface area contributed by atoms with Gasteiger partial charge in [0.1, 0.15) is 0 Å². The average Bonchev–Trinajstić information content (AvgIpc) is 2.67. The second kappa shape index (κ2) is 7.30. The van der Waals surface area contributed by atoms with Gasteiger partial charge in [-0.25, -0.2) is 4.68 Å². The molecule has 0 aliphatic rings. The van der Waals surface area contributed by atoms with Crippen molar-refractivity contribution in [2.45, 2.75) is 32.7 Å². The molecule has 0 amide bonds. The van der Waals surface area contributed by atoms with Crippen molar-refractivity contribution in [2.24, 2.45) is 5.73 Å². The third-order valence-electron chi connectivity index (χ3n) is 2.10. The molecule has 0 spiro atoms. The van der Waals surface area contributed by atoms with E-state index in [-0.39, 0.29) is 0 Å². The van der Waals surface area contributed by atoms with Gasteiger partial charge in [-0.3, -0.25) is 0 Å². The molecule has 15 heavy (non-hydrogen) atoms. The molecule has 0 aliphatic heterocycles. The van der Waals surface area contributed by atoms with Crippen LogP contribution >= 0.6 is 0 Å². The summed E-state index contributed by atoms with van der Waals surface area (Å²) in [5, 5.41) is 11.5. The molecule has 86 valence electrons. The van der Waals surface area contributed by atoms with Crippen molar-refractivity contribution in [3.8, 4) is 0 Å². The summed E-state index contributed by atoms with van der Waals surface area (Å²) >= 11 is 0. The quantitative estimate of drug-likeness (QED) is 0.614. The standard InChI is InChI=1S/C9H19N5O/c1-2-15-8-5-9-11-12-13-14(9)7-4-3-6-10/h2-8,10H2,1H3. The lowest BCUT2D eigenvalue weighted by Crippen LogP contribution is -2.10.